The van der Waals surface area contributed by atoms with Crippen molar-refractivity contribution in [3.8, 4) is 17.2 Å². The molecule has 2 aromatic carbocycles. The zero-order chi connectivity index (χ0) is 21.4. The van der Waals surface area contributed by atoms with E-state index in [0.717, 1.165) is 29.7 Å². The van der Waals surface area contributed by atoms with Crippen molar-refractivity contribution in [3.05, 3.63) is 47.5 Å². The molecule has 3 aliphatic rings. The second kappa shape index (κ2) is 7.80. The molecular weight excluding hydrogens is 396 g/mol. The summed E-state index contributed by atoms with van der Waals surface area (Å²) in [6.07, 6.45) is 3.13. The lowest BCUT2D eigenvalue weighted by Crippen LogP contribution is -2.43. The van der Waals surface area contributed by atoms with E-state index < -0.39 is 5.41 Å². The van der Waals surface area contributed by atoms with E-state index in [4.69, 9.17) is 14.2 Å². The topological polar surface area (TPSA) is 77.1 Å². The van der Waals surface area contributed by atoms with Crippen LogP contribution in [-0.2, 0) is 15.0 Å². The van der Waals surface area contributed by atoms with Gasteiger partial charge in [0.05, 0.1) is 0 Å². The van der Waals surface area contributed by atoms with Crippen molar-refractivity contribution in [2.24, 2.45) is 0 Å². The summed E-state index contributed by atoms with van der Waals surface area (Å²) < 4.78 is 17.0. The Bertz CT molecular complexity index is 1040. The van der Waals surface area contributed by atoms with Crippen molar-refractivity contribution >= 4 is 17.5 Å². The molecule has 0 aliphatic carbocycles. The Morgan fingerprint density at radius 1 is 1.06 bits per heavy atom. The Morgan fingerprint density at radius 2 is 1.87 bits per heavy atom. The van der Waals surface area contributed by atoms with Gasteiger partial charge in [0.25, 0.3) is 0 Å². The molecule has 0 aromatic heterocycles. The molecule has 1 spiro atoms. The van der Waals surface area contributed by atoms with Crippen LogP contribution in [0.4, 0.5) is 5.69 Å². The fourth-order valence-electron chi connectivity index (χ4n) is 4.68. The Hall–Kier alpha value is -3.22. The molecule has 7 nitrogen and oxygen atoms in total. The minimum absolute atomic E-state index is 0.00336. The second-order valence-corrected chi connectivity index (χ2v) is 8.18. The van der Waals surface area contributed by atoms with Crippen LogP contribution in [0.3, 0.4) is 0 Å². The van der Waals surface area contributed by atoms with Gasteiger partial charge in [0.1, 0.15) is 17.8 Å². The lowest BCUT2D eigenvalue weighted by atomic mass is 9.77. The van der Waals surface area contributed by atoms with Gasteiger partial charge in [-0.15, -0.1) is 0 Å². The summed E-state index contributed by atoms with van der Waals surface area (Å²) in [5, 5.41) is 2.95. The normalized spacial score (nSPS) is 20.0. The lowest BCUT2D eigenvalue weighted by Gasteiger charge is -2.23. The molecule has 1 N–H and O–H groups in total. The van der Waals surface area contributed by atoms with Crippen LogP contribution < -0.4 is 24.4 Å². The van der Waals surface area contributed by atoms with E-state index in [1.54, 1.807) is 0 Å². The van der Waals surface area contributed by atoms with Gasteiger partial charge in [-0.05, 0) is 30.5 Å². The number of benzene rings is 2. The van der Waals surface area contributed by atoms with Gasteiger partial charge in [-0.25, -0.2) is 0 Å². The number of rotatable bonds is 7. The van der Waals surface area contributed by atoms with Crippen molar-refractivity contribution in [2.75, 3.05) is 31.4 Å². The highest BCUT2D eigenvalue weighted by atomic mass is 16.7. The van der Waals surface area contributed by atoms with Crippen LogP contribution in [-0.4, -0.2) is 38.3 Å². The SMILES string of the molecule is CCCCC(=O)NCCCN1C(=O)C2(COc3cc4c(cc32)OCO4)c2ccccc21. The first-order chi connectivity index (χ1) is 15.1. The summed E-state index contributed by atoms with van der Waals surface area (Å²) >= 11 is 0. The van der Waals surface area contributed by atoms with E-state index in [-0.39, 0.29) is 25.2 Å². The first-order valence-electron chi connectivity index (χ1n) is 10.9. The molecule has 0 saturated heterocycles. The summed E-state index contributed by atoms with van der Waals surface area (Å²) in [6.45, 7) is 3.58. The van der Waals surface area contributed by atoms with Crippen molar-refractivity contribution in [1.29, 1.82) is 0 Å². The molecule has 0 radical (unpaired) electrons. The van der Waals surface area contributed by atoms with Crippen LogP contribution in [0, 0.1) is 0 Å². The highest BCUT2D eigenvalue weighted by Crippen LogP contribution is 2.54. The number of fused-ring (bicyclic) bond motifs is 5. The molecule has 1 atom stereocenters. The molecule has 31 heavy (non-hydrogen) atoms. The maximum absolute atomic E-state index is 13.8. The number of carbonyl (C=O) groups is 2. The average Bonchev–Trinajstić information content (AvgIpc) is 3.46. The maximum Gasteiger partial charge on any atom is 0.245 e. The number of amides is 2. The number of hydrogen-bond donors (Lipinski definition) is 1. The summed E-state index contributed by atoms with van der Waals surface area (Å²) in [5.74, 6) is 2.02. The number of carbonyl (C=O) groups excluding carboxylic acids is 2. The summed E-state index contributed by atoms with van der Waals surface area (Å²) in [5.41, 5.74) is 1.80. The third-order valence-electron chi connectivity index (χ3n) is 6.28. The number of ether oxygens (including phenoxy) is 3. The zero-order valence-corrected chi connectivity index (χ0v) is 17.6. The molecular formula is C24H26N2O5. The Labute approximate surface area is 181 Å². The quantitative estimate of drug-likeness (QED) is 0.694. The number of nitrogens with zero attached hydrogens (tertiary/aromatic N) is 1. The third kappa shape index (κ3) is 3.10. The van der Waals surface area contributed by atoms with E-state index in [1.165, 1.54) is 0 Å². The number of para-hydroxylation sites is 1. The molecule has 0 saturated carbocycles. The molecule has 162 valence electrons. The van der Waals surface area contributed by atoms with Gasteiger partial charge in [0.2, 0.25) is 18.6 Å². The predicted molar refractivity (Wildman–Crippen MR) is 115 cm³/mol. The van der Waals surface area contributed by atoms with E-state index in [0.29, 0.717) is 43.2 Å². The Balaban J connectivity index is 1.39. The molecule has 0 fully saturated rings. The van der Waals surface area contributed by atoms with Crippen LogP contribution in [0.5, 0.6) is 17.2 Å². The smallest absolute Gasteiger partial charge is 0.245 e. The van der Waals surface area contributed by atoms with Crippen LogP contribution in [0.15, 0.2) is 36.4 Å². The Morgan fingerprint density at radius 3 is 2.71 bits per heavy atom. The van der Waals surface area contributed by atoms with Gasteiger partial charge in [-0.3, -0.25) is 9.59 Å². The molecule has 5 rings (SSSR count). The fourth-order valence-corrected chi connectivity index (χ4v) is 4.68. The average molecular weight is 422 g/mol. The molecule has 1 unspecified atom stereocenters. The number of nitrogens with one attached hydrogen (secondary N) is 1. The molecule has 3 heterocycles. The minimum atomic E-state index is -0.878. The van der Waals surface area contributed by atoms with E-state index in [2.05, 4.69) is 12.2 Å². The molecule has 7 heteroatoms. The second-order valence-electron chi connectivity index (χ2n) is 8.18. The number of hydrogen-bond acceptors (Lipinski definition) is 5. The predicted octanol–water partition coefficient (Wildman–Crippen LogP) is 3.14. The van der Waals surface area contributed by atoms with E-state index >= 15 is 0 Å². The third-order valence-corrected chi connectivity index (χ3v) is 6.28. The highest BCUT2D eigenvalue weighted by molar-refractivity contribution is 6.11. The van der Waals surface area contributed by atoms with Gasteiger partial charge < -0.3 is 24.4 Å². The van der Waals surface area contributed by atoms with Gasteiger partial charge >= 0.3 is 0 Å². The largest absolute Gasteiger partial charge is 0.491 e. The van der Waals surface area contributed by atoms with Crippen molar-refractivity contribution in [1.82, 2.24) is 5.32 Å². The highest BCUT2D eigenvalue weighted by Gasteiger charge is 2.57. The van der Waals surface area contributed by atoms with Gasteiger partial charge in [0, 0.05) is 36.8 Å². The van der Waals surface area contributed by atoms with Crippen LogP contribution in [0.2, 0.25) is 0 Å². The minimum Gasteiger partial charge on any atom is -0.491 e. The molecule has 2 amide bonds. The Kier molecular flexibility index (Phi) is 4.96. The summed E-state index contributed by atoms with van der Waals surface area (Å²) in [4.78, 5) is 27.5. The number of unbranched alkanes of at least 4 members (excludes halogenated alkanes) is 1. The monoisotopic (exact) mass is 422 g/mol. The van der Waals surface area contributed by atoms with Gasteiger partial charge in [-0.2, -0.15) is 0 Å². The van der Waals surface area contributed by atoms with Crippen LogP contribution >= 0.6 is 0 Å². The molecule has 0 bridgehead atoms. The van der Waals surface area contributed by atoms with Crippen molar-refractivity contribution < 1.29 is 23.8 Å². The van der Waals surface area contributed by atoms with Crippen molar-refractivity contribution in [3.63, 3.8) is 0 Å². The van der Waals surface area contributed by atoms with Crippen molar-refractivity contribution in [2.45, 2.75) is 38.0 Å². The molecule has 3 aliphatic heterocycles. The fraction of sp³-hybridized carbons (Fsp3) is 0.417. The van der Waals surface area contributed by atoms with Gasteiger partial charge in [0.15, 0.2) is 11.5 Å². The summed E-state index contributed by atoms with van der Waals surface area (Å²) in [6, 6.07) is 11.6. The van der Waals surface area contributed by atoms with Gasteiger partial charge in [-0.1, -0.05) is 31.5 Å². The van der Waals surface area contributed by atoms with E-state index in [1.807, 2.05) is 41.3 Å². The van der Waals surface area contributed by atoms with Crippen LogP contribution in [0.25, 0.3) is 0 Å². The first kappa shape index (κ1) is 19.7. The molecule has 2 aromatic rings. The lowest BCUT2D eigenvalue weighted by molar-refractivity contribution is -0.122. The van der Waals surface area contributed by atoms with Crippen LogP contribution in [0.1, 0.15) is 43.7 Å². The zero-order valence-electron chi connectivity index (χ0n) is 17.6. The number of anilines is 1. The maximum atomic E-state index is 13.8. The van der Waals surface area contributed by atoms with E-state index in [9.17, 15) is 9.59 Å². The standard InChI is InChI=1S/C24H26N2O5/c1-2-3-9-22(27)25-10-6-11-26-18-8-5-4-7-16(18)24(23(26)28)14-29-19-13-21-20(12-17(19)24)30-15-31-21/h4-5,7-8,12-13H,2-3,6,9-11,14-15H2,1H3,(H,25,27). The first-order valence-corrected chi connectivity index (χ1v) is 10.9. The summed E-state index contributed by atoms with van der Waals surface area (Å²) in [7, 11) is 0.